The maximum absolute atomic E-state index is 13.1. The van der Waals surface area contributed by atoms with E-state index < -0.39 is 0 Å². The first kappa shape index (κ1) is 12.8. The van der Waals surface area contributed by atoms with Crippen LogP contribution < -0.4 is 11.1 Å². The number of aliphatic hydroxyl groups excluding tert-OH is 1. The van der Waals surface area contributed by atoms with E-state index in [0.29, 0.717) is 11.3 Å². The van der Waals surface area contributed by atoms with Crippen molar-refractivity contribution in [2.45, 2.75) is 32.8 Å². The lowest BCUT2D eigenvalue weighted by molar-refractivity contribution is 0.183. The van der Waals surface area contributed by atoms with Gasteiger partial charge in [-0.2, -0.15) is 0 Å². The first-order valence-corrected chi connectivity index (χ1v) is 5.48. The van der Waals surface area contributed by atoms with Gasteiger partial charge in [0, 0.05) is 6.54 Å². The summed E-state index contributed by atoms with van der Waals surface area (Å²) >= 11 is 0. The molecule has 0 aliphatic carbocycles. The molecule has 90 valence electrons. The fourth-order valence-electron chi connectivity index (χ4n) is 1.47. The van der Waals surface area contributed by atoms with Crippen molar-refractivity contribution in [2.75, 3.05) is 17.6 Å². The lowest BCUT2D eigenvalue weighted by Gasteiger charge is -2.11. The fourth-order valence-corrected chi connectivity index (χ4v) is 1.47. The van der Waals surface area contributed by atoms with Crippen LogP contribution in [0.2, 0.25) is 0 Å². The molecule has 1 rings (SSSR count). The highest BCUT2D eigenvalue weighted by Gasteiger charge is 2.04. The Labute approximate surface area is 95.5 Å². The number of nitrogens with one attached hydrogen (secondary N) is 1. The van der Waals surface area contributed by atoms with Crippen molar-refractivity contribution in [3.8, 4) is 0 Å². The molecule has 1 aromatic rings. The number of nitrogen functional groups attached to an aromatic ring is 1. The van der Waals surface area contributed by atoms with Crippen LogP contribution >= 0.6 is 0 Å². The van der Waals surface area contributed by atoms with Gasteiger partial charge < -0.3 is 16.2 Å². The number of anilines is 2. The predicted octanol–water partition coefficient (Wildman–Crippen LogP) is 2.29. The van der Waals surface area contributed by atoms with Gasteiger partial charge in [0.2, 0.25) is 0 Å². The second-order valence-electron chi connectivity index (χ2n) is 4.11. The Morgan fingerprint density at radius 1 is 1.50 bits per heavy atom. The van der Waals surface area contributed by atoms with Crippen LogP contribution in [0.4, 0.5) is 15.8 Å². The van der Waals surface area contributed by atoms with Crippen LogP contribution in [0.5, 0.6) is 0 Å². The Hall–Kier alpha value is -1.29. The SMILES string of the molecule is Cc1cc(NCCCC(C)O)c(N)cc1F. The van der Waals surface area contributed by atoms with Crippen LogP contribution in [0.1, 0.15) is 25.3 Å². The zero-order valence-electron chi connectivity index (χ0n) is 9.76. The second kappa shape index (κ2) is 5.70. The number of hydrogen-bond acceptors (Lipinski definition) is 3. The molecule has 3 nitrogen and oxygen atoms in total. The second-order valence-corrected chi connectivity index (χ2v) is 4.11. The quantitative estimate of drug-likeness (QED) is 0.533. The van der Waals surface area contributed by atoms with E-state index in [9.17, 15) is 4.39 Å². The highest BCUT2D eigenvalue weighted by Crippen LogP contribution is 2.22. The number of nitrogens with two attached hydrogens (primary N) is 1. The molecule has 0 amide bonds. The minimum Gasteiger partial charge on any atom is -0.397 e. The molecule has 16 heavy (non-hydrogen) atoms. The van der Waals surface area contributed by atoms with Crippen LogP contribution in [-0.4, -0.2) is 17.8 Å². The van der Waals surface area contributed by atoms with E-state index in [1.165, 1.54) is 6.07 Å². The largest absolute Gasteiger partial charge is 0.397 e. The summed E-state index contributed by atoms with van der Waals surface area (Å²) in [6.07, 6.45) is 1.31. The number of hydrogen-bond donors (Lipinski definition) is 3. The van der Waals surface area contributed by atoms with Crippen LogP contribution in [-0.2, 0) is 0 Å². The third kappa shape index (κ3) is 3.70. The maximum Gasteiger partial charge on any atom is 0.128 e. The summed E-state index contributed by atoms with van der Waals surface area (Å²) in [7, 11) is 0. The summed E-state index contributed by atoms with van der Waals surface area (Å²) in [5.74, 6) is -0.285. The molecule has 0 spiro atoms. The Morgan fingerprint density at radius 2 is 2.19 bits per heavy atom. The van der Waals surface area contributed by atoms with Crippen LogP contribution in [0.3, 0.4) is 0 Å². The highest BCUT2D eigenvalue weighted by molar-refractivity contribution is 5.67. The number of aryl methyl sites for hydroxylation is 1. The van der Waals surface area contributed by atoms with Crippen molar-refractivity contribution in [1.82, 2.24) is 0 Å². The standard InChI is InChI=1S/C12H19FN2O/c1-8-6-12(11(14)7-10(8)13)15-5-3-4-9(2)16/h6-7,9,15-16H,3-5,14H2,1-2H3. The molecule has 0 aromatic heterocycles. The van der Waals surface area contributed by atoms with E-state index >= 15 is 0 Å². The molecule has 0 heterocycles. The molecule has 4 N–H and O–H groups in total. The summed E-state index contributed by atoms with van der Waals surface area (Å²) in [5, 5.41) is 12.2. The molecule has 0 bridgehead atoms. The molecule has 0 radical (unpaired) electrons. The summed E-state index contributed by atoms with van der Waals surface area (Å²) in [5.41, 5.74) is 7.43. The minimum atomic E-state index is -0.285. The third-order valence-corrected chi connectivity index (χ3v) is 2.44. The molecular formula is C12H19FN2O. The van der Waals surface area contributed by atoms with Gasteiger partial charge in [-0.25, -0.2) is 4.39 Å². The van der Waals surface area contributed by atoms with Crippen molar-refractivity contribution >= 4 is 11.4 Å². The van der Waals surface area contributed by atoms with Gasteiger partial charge in [-0.3, -0.25) is 0 Å². The normalized spacial score (nSPS) is 12.5. The predicted molar refractivity (Wildman–Crippen MR) is 65.0 cm³/mol. The van der Waals surface area contributed by atoms with Crippen molar-refractivity contribution in [2.24, 2.45) is 0 Å². The average Bonchev–Trinajstić information content (AvgIpc) is 2.19. The molecule has 0 saturated carbocycles. The van der Waals surface area contributed by atoms with E-state index in [-0.39, 0.29) is 11.9 Å². The summed E-state index contributed by atoms with van der Waals surface area (Å²) in [4.78, 5) is 0. The monoisotopic (exact) mass is 226 g/mol. The molecule has 0 saturated heterocycles. The molecule has 0 fully saturated rings. The minimum absolute atomic E-state index is 0.283. The molecule has 1 aromatic carbocycles. The summed E-state index contributed by atoms with van der Waals surface area (Å²) in [6.45, 7) is 4.19. The highest BCUT2D eigenvalue weighted by atomic mass is 19.1. The third-order valence-electron chi connectivity index (χ3n) is 2.44. The lowest BCUT2D eigenvalue weighted by Crippen LogP contribution is -2.08. The molecule has 1 unspecified atom stereocenters. The molecule has 0 aliphatic rings. The Kier molecular flexibility index (Phi) is 4.55. The van der Waals surface area contributed by atoms with Crippen molar-refractivity contribution in [3.05, 3.63) is 23.5 Å². The van der Waals surface area contributed by atoms with Gasteiger partial charge in [-0.1, -0.05) is 0 Å². The van der Waals surface area contributed by atoms with Gasteiger partial charge in [-0.15, -0.1) is 0 Å². The average molecular weight is 226 g/mol. The smallest absolute Gasteiger partial charge is 0.128 e. The Morgan fingerprint density at radius 3 is 2.81 bits per heavy atom. The van der Waals surface area contributed by atoms with E-state index in [4.69, 9.17) is 10.8 Å². The van der Waals surface area contributed by atoms with Gasteiger partial charge in [-0.05, 0) is 44.4 Å². The van der Waals surface area contributed by atoms with E-state index in [2.05, 4.69) is 5.32 Å². The zero-order valence-corrected chi connectivity index (χ0v) is 9.76. The summed E-state index contributed by atoms with van der Waals surface area (Å²) in [6, 6.07) is 3.03. The summed E-state index contributed by atoms with van der Waals surface area (Å²) < 4.78 is 13.1. The van der Waals surface area contributed by atoms with Crippen LogP contribution in [0.15, 0.2) is 12.1 Å². The van der Waals surface area contributed by atoms with Crippen molar-refractivity contribution in [3.63, 3.8) is 0 Å². The zero-order chi connectivity index (χ0) is 12.1. The van der Waals surface area contributed by atoms with Crippen molar-refractivity contribution in [1.29, 1.82) is 0 Å². The van der Waals surface area contributed by atoms with E-state index in [0.717, 1.165) is 25.1 Å². The maximum atomic E-state index is 13.1. The van der Waals surface area contributed by atoms with Gasteiger partial charge in [0.25, 0.3) is 0 Å². The van der Waals surface area contributed by atoms with Crippen LogP contribution in [0.25, 0.3) is 0 Å². The Balaban J connectivity index is 2.51. The lowest BCUT2D eigenvalue weighted by atomic mass is 10.1. The molecular weight excluding hydrogens is 207 g/mol. The molecule has 4 heteroatoms. The number of aliphatic hydroxyl groups is 1. The first-order valence-electron chi connectivity index (χ1n) is 5.48. The van der Waals surface area contributed by atoms with E-state index in [1.807, 2.05) is 0 Å². The first-order chi connectivity index (χ1) is 7.50. The van der Waals surface area contributed by atoms with Crippen molar-refractivity contribution < 1.29 is 9.50 Å². The van der Waals surface area contributed by atoms with Gasteiger partial charge in [0.05, 0.1) is 17.5 Å². The van der Waals surface area contributed by atoms with E-state index in [1.54, 1.807) is 19.9 Å². The number of benzene rings is 1. The topological polar surface area (TPSA) is 58.3 Å². The Bertz CT molecular complexity index is 353. The number of halogens is 1. The van der Waals surface area contributed by atoms with Gasteiger partial charge >= 0.3 is 0 Å². The molecule has 0 aliphatic heterocycles. The molecule has 1 atom stereocenters. The van der Waals surface area contributed by atoms with Crippen LogP contribution in [0, 0.1) is 12.7 Å². The number of rotatable bonds is 5. The van der Waals surface area contributed by atoms with Gasteiger partial charge in [0.15, 0.2) is 0 Å². The fraction of sp³-hybridized carbons (Fsp3) is 0.500. The van der Waals surface area contributed by atoms with Gasteiger partial charge in [0.1, 0.15) is 5.82 Å².